The third-order valence-corrected chi connectivity index (χ3v) is 6.03. The SMILES string of the molecule is COc1ccc(CCNC(=O)Cn2cc(S(=O)(=O)N(C)C)ccc2=O)cc1OC. The fraction of sp³-hybridized carbons (Fsp3) is 0.368. The van der Waals surface area contributed by atoms with Crippen LogP contribution in [0.3, 0.4) is 0 Å². The number of methoxy groups -OCH3 is 2. The summed E-state index contributed by atoms with van der Waals surface area (Å²) in [7, 11) is 2.19. The zero-order valence-corrected chi connectivity index (χ0v) is 17.7. The molecular formula is C19H25N3O6S. The number of amides is 1. The van der Waals surface area contributed by atoms with Crippen LogP contribution in [0, 0.1) is 0 Å². The molecule has 10 heteroatoms. The second-order valence-corrected chi connectivity index (χ2v) is 8.56. The van der Waals surface area contributed by atoms with E-state index >= 15 is 0 Å². The topological polar surface area (TPSA) is 107 Å². The van der Waals surface area contributed by atoms with Crippen molar-refractivity contribution in [2.75, 3.05) is 34.9 Å². The van der Waals surface area contributed by atoms with Crippen LogP contribution in [0.2, 0.25) is 0 Å². The molecule has 0 aliphatic carbocycles. The number of rotatable bonds is 9. The Hall–Kier alpha value is -2.85. The van der Waals surface area contributed by atoms with Crippen molar-refractivity contribution >= 4 is 15.9 Å². The highest BCUT2D eigenvalue weighted by Gasteiger charge is 2.18. The summed E-state index contributed by atoms with van der Waals surface area (Å²) in [5.41, 5.74) is 0.483. The Labute approximate surface area is 169 Å². The average Bonchev–Trinajstić information content (AvgIpc) is 2.69. The van der Waals surface area contributed by atoms with Gasteiger partial charge in [0, 0.05) is 32.9 Å². The highest BCUT2D eigenvalue weighted by molar-refractivity contribution is 7.89. The number of carbonyl (C=O) groups is 1. The van der Waals surface area contributed by atoms with Gasteiger partial charge in [0.2, 0.25) is 15.9 Å². The Morgan fingerprint density at radius 1 is 1.10 bits per heavy atom. The van der Waals surface area contributed by atoms with Gasteiger partial charge in [-0.15, -0.1) is 0 Å². The Balaban J connectivity index is 2.00. The van der Waals surface area contributed by atoms with Gasteiger partial charge in [-0.1, -0.05) is 6.07 Å². The van der Waals surface area contributed by atoms with Crippen molar-refractivity contribution in [3.8, 4) is 11.5 Å². The minimum absolute atomic E-state index is 0.0553. The minimum Gasteiger partial charge on any atom is -0.493 e. The number of carbonyl (C=O) groups excluding carboxylic acids is 1. The molecular weight excluding hydrogens is 398 g/mol. The maximum Gasteiger partial charge on any atom is 0.251 e. The van der Waals surface area contributed by atoms with E-state index in [1.807, 2.05) is 12.1 Å². The lowest BCUT2D eigenvalue weighted by atomic mass is 10.1. The van der Waals surface area contributed by atoms with E-state index in [9.17, 15) is 18.0 Å². The van der Waals surface area contributed by atoms with Crippen LogP contribution >= 0.6 is 0 Å². The van der Waals surface area contributed by atoms with Crippen LogP contribution in [-0.4, -0.2) is 58.1 Å². The van der Waals surface area contributed by atoms with Gasteiger partial charge in [0.25, 0.3) is 5.56 Å². The first-order valence-electron chi connectivity index (χ1n) is 8.79. The van der Waals surface area contributed by atoms with Crippen molar-refractivity contribution in [1.29, 1.82) is 0 Å². The molecule has 0 unspecified atom stereocenters. The maximum absolute atomic E-state index is 12.2. The van der Waals surface area contributed by atoms with Crippen molar-refractivity contribution in [3.05, 3.63) is 52.4 Å². The zero-order valence-electron chi connectivity index (χ0n) is 16.8. The van der Waals surface area contributed by atoms with E-state index in [4.69, 9.17) is 9.47 Å². The highest BCUT2D eigenvalue weighted by atomic mass is 32.2. The molecule has 29 heavy (non-hydrogen) atoms. The number of benzene rings is 1. The Kier molecular flexibility index (Phi) is 7.40. The van der Waals surface area contributed by atoms with Crippen LogP contribution in [-0.2, 0) is 27.8 Å². The van der Waals surface area contributed by atoms with E-state index < -0.39 is 21.5 Å². The molecule has 0 aliphatic rings. The molecule has 0 radical (unpaired) electrons. The molecule has 1 heterocycles. The molecule has 0 saturated heterocycles. The molecule has 0 spiro atoms. The first kappa shape index (κ1) is 22.4. The molecule has 1 amide bonds. The molecule has 2 aromatic rings. The third kappa shape index (κ3) is 5.58. The predicted octanol–water partition coefficient (Wildman–Crippen LogP) is 0.475. The van der Waals surface area contributed by atoms with E-state index in [-0.39, 0.29) is 11.4 Å². The number of hydrogen-bond donors (Lipinski definition) is 1. The molecule has 1 aromatic carbocycles. The lowest BCUT2D eigenvalue weighted by Gasteiger charge is -2.13. The predicted molar refractivity (Wildman–Crippen MR) is 108 cm³/mol. The fourth-order valence-corrected chi connectivity index (χ4v) is 3.51. The lowest BCUT2D eigenvalue weighted by molar-refractivity contribution is -0.121. The summed E-state index contributed by atoms with van der Waals surface area (Å²) in [6.07, 6.45) is 1.72. The number of nitrogens with one attached hydrogen (secondary N) is 1. The number of nitrogens with zero attached hydrogens (tertiary/aromatic N) is 2. The summed E-state index contributed by atoms with van der Waals surface area (Å²) < 4.78 is 36.9. The molecule has 1 N–H and O–H groups in total. The normalized spacial score (nSPS) is 11.3. The van der Waals surface area contributed by atoms with Gasteiger partial charge in [0.05, 0.1) is 19.1 Å². The second kappa shape index (κ2) is 9.57. The van der Waals surface area contributed by atoms with E-state index in [1.165, 1.54) is 26.4 Å². The summed E-state index contributed by atoms with van der Waals surface area (Å²) >= 11 is 0. The van der Waals surface area contributed by atoms with Crippen LogP contribution in [0.5, 0.6) is 11.5 Å². The van der Waals surface area contributed by atoms with Crippen molar-refractivity contribution in [3.63, 3.8) is 0 Å². The number of sulfonamides is 1. The minimum atomic E-state index is -3.70. The summed E-state index contributed by atoms with van der Waals surface area (Å²) in [5.74, 6) is 0.820. The Morgan fingerprint density at radius 2 is 1.79 bits per heavy atom. The van der Waals surface area contributed by atoms with E-state index in [2.05, 4.69) is 5.32 Å². The van der Waals surface area contributed by atoms with Crippen molar-refractivity contribution in [1.82, 2.24) is 14.2 Å². The van der Waals surface area contributed by atoms with Crippen LogP contribution in [0.1, 0.15) is 5.56 Å². The monoisotopic (exact) mass is 423 g/mol. The largest absolute Gasteiger partial charge is 0.493 e. The molecule has 0 fully saturated rings. The molecule has 0 atom stereocenters. The maximum atomic E-state index is 12.2. The van der Waals surface area contributed by atoms with Crippen LogP contribution in [0.15, 0.2) is 46.2 Å². The number of pyridine rings is 1. The molecule has 2 rings (SSSR count). The first-order chi connectivity index (χ1) is 13.7. The summed E-state index contributed by atoms with van der Waals surface area (Å²) in [5, 5.41) is 2.72. The molecule has 158 valence electrons. The van der Waals surface area contributed by atoms with Gasteiger partial charge in [-0.25, -0.2) is 12.7 Å². The molecule has 9 nitrogen and oxygen atoms in total. The van der Waals surface area contributed by atoms with Gasteiger partial charge in [0.15, 0.2) is 11.5 Å². The van der Waals surface area contributed by atoms with E-state index in [1.54, 1.807) is 20.3 Å². The Bertz CT molecular complexity index is 1030. The molecule has 1 aromatic heterocycles. The van der Waals surface area contributed by atoms with Crippen LogP contribution < -0.4 is 20.3 Å². The van der Waals surface area contributed by atoms with E-state index in [0.29, 0.717) is 24.5 Å². The van der Waals surface area contributed by atoms with Gasteiger partial charge in [-0.3, -0.25) is 9.59 Å². The fourth-order valence-electron chi connectivity index (χ4n) is 2.59. The zero-order chi connectivity index (χ0) is 21.6. The van der Waals surface area contributed by atoms with Crippen molar-refractivity contribution in [2.45, 2.75) is 17.9 Å². The smallest absolute Gasteiger partial charge is 0.251 e. The summed E-state index contributed by atoms with van der Waals surface area (Å²) in [4.78, 5) is 24.1. The number of hydrogen-bond acceptors (Lipinski definition) is 6. The van der Waals surface area contributed by atoms with Gasteiger partial charge in [-0.2, -0.15) is 0 Å². The molecule has 0 saturated carbocycles. The average molecular weight is 423 g/mol. The summed E-state index contributed by atoms with van der Waals surface area (Å²) in [6, 6.07) is 7.83. The summed E-state index contributed by atoms with van der Waals surface area (Å²) in [6.45, 7) is 0.0698. The number of aromatic nitrogens is 1. The van der Waals surface area contributed by atoms with Crippen LogP contribution in [0.4, 0.5) is 0 Å². The van der Waals surface area contributed by atoms with Crippen LogP contribution in [0.25, 0.3) is 0 Å². The van der Waals surface area contributed by atoms with Gasteiger partial charge < -0.3 is 19.4 Å². The second-order valence-electron chi connectivity index (χ2n) is 6.41. The standard InChI is InChI=1S/C19H25N3O6S/c1-21(2)29(25,26)15-6-8-19(24)22(12-15)13-18(23)20-10-9-14-5-7-16(27-3)17(11-14)28-4/h5-8,11-12H,9-10,13H2,1-4H3,(H,20,23). The Morgan fingerprint density at radius 3 is 2.41 bits per heavy atom. The van der Waals surface area contributed by atoms with Gasteiger partial charge in [-0.05, 0) is 30.2 Å². The highest BCUT2D eigenvalue weighted by Crippen LogP contribution is 2.27. The number of ether oxygens (including phenoxy) is 2. The molecule has 0 bridgehead atoms. The first-order valence-corrected chi connectivity index (χ1v) is 10.2. The third-order valence-electron chi connectivity index (χ3n) is 4.23. The van der Waals surface area contributed by atoms with Crippen molar-refractivity contribution in [2.24, 2.45) is 0 Å². The lowest BCUT2D eigenvalue weighted by Crippen LogP contribution is -2.33. The van der Waals surface area contributed by atoms with E-state index in [0.717, 1.165) is 20.5 Å². The van der Waals surface area contributed by atoms with Gasteiger partial charge >= 0.3 is 0 Å². The van der Waals surface area contributed by atoms with Gasteiger partial charge in [0.1, 0.15) is 6.54 Å². The molecule has 0 aliphatic heterocycles. The quantitative estimate of drug-likeness (QED) is 0.629. The van der Waals surface area contributed by atoms with Crippen molar-refractivity contribution < 1.29 is 22.7 Å².